The summed E-state index contributed by atoms with van der Waals surface area (Å²) in [6, 6.07) is 4.19. The van der Waals surface area contributed by atoms with Crippen molar-refractivity contribution in [2.24, 2.45) is 11.7 Å². The van der Waals surface area contributed by atoms with Gasteiger partial charge in [0.2, 0.25) is 5.43 Å². The van der Waals surface area contributed by atoms with Crippen molar-refractivity contribution >= 4 is 22.7 Å². The fourth-order valence-corrected chi connectivity index (χ4v) is 4.49. The average molecular weight is 357 g/mol. The number of anilines is 1. The van der Waals surface area contributed by atoms with Crippen molar-refractivity contribution in [2.45, 2.75) is 37.3 Å². The summed E-state index contributed by atoms with van der Waals surface area (Å²) in [4.78, 5) is 26.9. The number of carbonyl (C=O) groups is 1. The van der Waals surface area contributed by atoms with E-state index in [4.69, 9.17) is 5.73 Å². The molecule has 5 rings (SSSR count). The Kier molecular flexibility index (Phi) is 3.08. The van der Waals surface area contributed by atoms with Gasteiger partial charge in [0, 0.05) is 30.1 Å². The minimum Gasteiger partial charge on any atom is -0.477 e. The van der Waals surface area contributed by atoms with E-state index < -0.39 is 17.2 Å². The van der Waals surface area contributed by atoms with E-state index in [0.717, 1.165) is 31.7 Å². The van der Waals surface area contributed by atoms with Crippen molar-refractivity contribution in [3.8, 4) is 0 Å². The van der Waals surface area contributed by atoms with Gasteiger partial charge in [-0.05, 0) is 49.8 Å². The van der Waals surface area contributed by atoms with Gasteiger partial charge in [0.1, 0.15) is 17.2 Å². The van der Waals surface area contributed by atoms with Crippen molar-refractivity contribution in [3.63, 3.8) is 0 Å². The monoisotopic (exact) mass is 357 g/mol. The number of hydrogen-bond donors (Lipinski definition) is 2. The minimum absolute atomic E-state index is 0.127. The van der Waals surface area contributed by atoms with Crippen LogP contribution in [0.3, 0.4) is 0 Å². The lowest BCUT2D eigenvalue weighted by atomic mass is 10.0. The van der Waals surface area contributed by atoms with E-state index in [1.54, 1.807) is 6.07 Å². The number of rotatable bonds is 3. The van der Waals surface area contributed by atoms with Crippen molar-refractivity contribution in [2.75, 3.05) is 18.0 Å². The largest absolute Gasteiger partial charge is 0.477 e. The molecule has 1 saturated heterocycles. The summed E-state index contributed by atoms with van der Waals surface area (Å²) in [5.74, 6) is -0.878. The minimum atomic E-state index is -1.27. The van der Waals surface area contributed by atoms with E-state index in [-0.39, 0.29) is 22.5 Å². The lowest BCUT2D eigenvalue weighted by molar-refractivity contribution is 0.0695. The number of carboxylic acid groups (broad SMARTS) is 1. The average Bonchev–Trinajstić information content (AvgIpc) is 3.48. The second-order valence-corrected chi connectivity index (χ2v) is 7.94. The highest BCUT2D eigenvalue weighted by molar-refractivity contribution is 5.98. The van der Waals surface area contributed by atoms with Crippen LogP contribution in [0.15, 0.2) is 23.0 Å². The number of hydrogen-bond acceptors (Lipinski definition) is 4. The smallest absolute Gasteiger partial charge is 0.343 e. The number of aromatic carboxylic acids is 1. The van der Waals surface area contributed by atoms with Gasteiger partial charge in [0.15, 0.2) is 0 Å². The van der Waals surface area contributed by atoms with Gasteiger partial charge in [-0.15, -0.1) is 0 Å². The Morgan fingerprint density at radius 1 is 1.31 bits per heavy atom. The number of nitrogens with zero attached hydrogens (tertiary/aromatic N) is 2. The summed E-state index contributed by atoms with van der Waals surface area (Å²) >= 11 is 0. The Hall–Kier alpha value is -2.41. The summed E-state index contributed by atoms with van der Waals surface area (Å²) in [6.45, 7) is 1.24. The summed E-state index contributed by atoms with van der Waals surface area (Å²) < 4.78 is 15.7. The molecule has 1 aromatic carbocycles. The number of pyridine rings is 1. The topological polar surface area (TPSA) is 88.6 Å². The quantitative estimate of drug-likeness (QED) is 0.878. The molecule has 2 saturated carbocycles. The Labute approximate surface area is 149 Å². The van der Waals surface area contributed by atoms with Crippen LogP contribution in [0, 0.1) is 11.7 Å². The summed E-state index contributed by atoms with van der Waals surface area (Å²) in [5.41, 5.74) is 5.82. The molecule has 2 unspecified atom stereocenters. The summed E-state index contributed by atoms with van der Waals surface area (Å²) in [5, 5.41) is 9.93. The molecule has 6 nitrogen and oxygen atoms in total. The first kappa shape index (κ1) is 15.8. The predicted octanol–water partition coefficient (Wildman–Crippen LogP) is 2.10. The first-order valence-corrected chi connectivity index (χ1v) is 9.04. The molecule has 1 aromatic heterocycles. The Balaban J connectivity index is 1.81. The number of halogens is 1. The maximum absolute atomic E-state index is 13.7. The van der Waals surface area contributed by atoms with Gasteiger partial charge in [-0.3, -0.25) is 4.79 Å². The van der Waals surface area contributed by atoms with Crippen LogP contribution in [0.4, 0.5) is 10.2 Å². The van der Waals surface area contributed by atoms with Crippen LogP contribution in [-0.4, -0.2) is 34.3 Å². The van der Waals surface area contributed by atoms with Gasteiger partial charge in [0.05, 0.1) is 5.52 Å². The van der Waals surface area contributed by atoms with E-state index >= 15 is 0 Å². The van der Waals surface area contributed by atoms with Crippen LogP contribution >= 0.6 is 0 Å². The lowest BCUT2D eigenvalue weighted by Gasteiger charge is -2.35. The van der Waals surface area contributed by atoms with Gasteiger partial charge in [-0.1, -0.05) is 0 Å². The number of piperidine rings is 1. The molecule has 2 aliphatic carbocycles. The molecular weight excluding hydrogens is 337 g/mol. The second-order valence-electron chi connectivity index (χ2n) is 7.94. The molecule has 2 aromatic rings. The van der Waals surface area contributed by atoms with E-state index in [1.807, 2.05) is 9.47 Å². The highest BCUT2D eigenvalue weighted by Crippen LogP contribution is 2.49. The van der Waals surface area contributed by atoms with E-state index in [2.05, 4.69) is 0 Å². The molecule has 2 atom stereocenters. The highest BCUT2D eigenvalue weighted by atomic mass is 19.1. The van der Waals surface area contributed by atoms with Crippen LogP contribution in [0.5, 0.6) is 0 Å². The van der Waals surface area contributed by atoms with Crippen LogP contribution < -0.4 is 16.1 Å². The Morgan fingerprint density at radius 2 is 2.08 bits per heavy atom. The predicted molar refractivity (Wildman–Crippen MR) is 95.3 cm³/mol. The lowest BCUT2D eigenvalue weighted by Crippen LogP contribution is -2.47. The number of carboxylic acids is 1. The zero-order valence-electron chi connectivity index (χ0n) is 14.2. The molecular formula is C19H20FN3O3. The number of nitrogens with two attached hydrogens (primary N) is 1. The Morgan fingerprint density at radius 3 is 2.73 bits per heavy atom. The number of benzene rings is 1. The zero-order chi connectivity index (χ0) is 18.2. The van der Waals surface area contributed by atoms with Gasteiger partial charge in [-0.2, -0.15) is 0 Å². The van der Waals surface area contributed by atoms with Crippen molar-refractivity contribution < 1.29 is 14.3 Å². The fourth-order valence-electron chi connectivity index (χ4n) is 4.49. The fraction of sp³-hybridized carbons (Fsp3) is 0.474. The van der Waals surface area contributed by atoms with E-state index in [0.29, 0.717) is 30.3 Å². The summed E-state index contributed by atoms with van der Waals surface area (Å²) in [7, 11) is 0. The van der Waals surface area contributed by atoms with Crippen LogP contribution in [0.1, 0.15) is 42.1 Å². The third-order valence-electron chi connectivity index (χ3n) is 6.08. The second kappa shape index (κ2) is 5.07. The molecule has 3 fully saturated rings. The van der Waals surface area contributed by atoms with Crippen LogP contribution in [-0.2, 0) is 0 Å². The van der Waals surface area contributed by atoms with E-state index in [9.17, 15) is 19.1 Å². The molecule has 2 heterocycles. The molecule has 0 bridgehead atoms. The van der Waals surface area contributed by atoms with Gasteiger partial charge < -0.3 is 20.3 Å². The molecule has 136 valence electrons. The number of aromatic nitrogens is 1. The van der Waals surface area contributed by atoms with Crippen molar-refractivity contribution in [1.29, 1.82) is 0 Å². The van der Waals surface area contributed by atoms with E-state index in [1.165, 1.54) is 6.07 Å². The SMILES string of the molecule is NC12CC1CCN(c1c(C(=O)O)c(=O)c3cc(F)ccc3n1C1CC1)C2. The molecule has 0 radical (unpaired) electrons. The molecule has 1 aliphatic heterocycles. The van der Waals surface area contributed by atoms with Gasteiger partial charge >= 0.3 is 5.97 Å². The molecule has 0 amide bonds. The third-order valence-corrected chi connectivity index (χ3v) is 6.08. The Bertz CT molecular complexity index is 1010. The molecule has 3 aliphatic rings. The highest BCUT2D eigenvalue weighted by Gasteiger charge is 2.54. The van der Waals surface area contributed by atoms with Crippen LogP contribution in [0.25, 0.3) is 10.9 Å². The maximum Gasteiger partial charge on any atom is 0.343 e. The normalized spacial score (nSPS) is 27.5. The third kappa shape index (κ3) is 2.19. The molecule has 3 N–H and O–H groups in total. The number of fused-ring (bicyclic) bond motifs is 2. The van der Waals surface area contributed by atoms with Gasteiger partial charge in [-0.25, -0.2) is 9.18 Å². The standard InChI is InChI=1S/C19H20FN3O3/c20-11-1-4-14-13(7-11)16(24)15(18(25)26)17(23(14)12-2-3-12)22-6-5-10-8-19(10,21)9-22/h1,4,7,10,12H,2-3,5-6,8-9,21H2,(H,25,26). The van der Waals surface area contributed by atoms with Crippen molar-refractivity contribution in [3.05, 3.63) is 39.8 Å². The van der Waals surface area contributed by atoms with Crippen LogP contribution in [0.2, 0.25) is 0 Å². The first-order valence-electron chi connectivity index (χ1n) is 9.04. The molecule has 26 heavy (non-hydrogen) atoms. The first-order chi connectivity index (χ1) is 12.4. The maximum atomic E-state index is 13.7. The van der Waals surface area contributed by atoms with Crippen molar-refractivity contribution in [1.82, 2.24) is 4.57 Å². The molecule has 7 heteroatoms. The van der Waals surface area contributed by atoms with Gasteiger partial charge in [0.25, 0.3) is 0 Å². The summed E-state index contributed by atoms with van der Waals surface area (Å²) in [6.07, 6.45) is 3.69. The zero-order valence-corrected chi connectivity index (χ0v) is 14.2. The molecule has 0 spiro atoms.